The first-order chi connectivity index (χ1) is 19.5. The number of aromatic nitrogens is 3. The van der Waals surface area contributed by atoms with Gasteiger partial charge in [0, 0.05) is 25.6 Å². The molecule has 2 fully saturated rings. The molecule has 4 heterocycles. The molecule has 2 aliphatic heterocycles. The number of nitrogens with one attached hydrogen (secondary N) is 3. The number of ether oxygens (including phenoxy) is 1. The van der Waals surface area contributed by atoms with E-state index in [9.17, 15) is 9.18 Å². The van der Waals surface area contributed by atoms with Gasteiger partial charge in [-0.25, -0.2) is 14.4 Å². The van der Waals surface area contributed by atoms with E-state index in [4.69, 9.17) is 20.4 Å². The summed E-state index contributed by atoms with van der Waals surface area (Å²) in [6, 6.07) is 13.9. The molecule has 0 radical (unpaired) electrons. The Kier molecular flexibility index (Phi) is 8.47. The maximum atomic E-state index is 13.8. The van der Waals surface area contributed by atoms with E-state index in [0.717, 1.165) is 22.8 Å². The SMILES string of the molecule is N#CCNC(=O)C1CCN(c2cccc(-c3cnc(C=CC(=N)N4CCOCC4c4cccc(F)c4)[nH]3)n2)CC1. The summed E-state index contributed by atoms with van der Waals surface area (Å²) >= 11 is 0. The fourth-order valence-corrected chi connectivity index (χ4v) is 5.08. The van der Waals surface area contributed by atoms with Gasteiger partial charge >= 0.3 is 0 Å². The van der Waals surface area contributed by atoms with E-state index in [1.165, 1.54) is 12.1 Å². The van der Waals surface area contributed by atoms with Gasteiger partial charge in [-0.1, -0.05) is 18.2 Å². The first-order valence-electron chi connectivity index (χ1n) is 13.3. The van der Waals surface area contributed by atoms with Gasteiger partial charge in [0.1, 0.15) is 29.8 Å². The Morgan fingerprint density at radius 3 is 2.88 bits per heavy atom. The van der Waals surface area contributed by atoms with Crippen molar-refractivity contribution in [3.05, 3.63) is 71.9 Å². The minimum atomic E-state index is -0.310. The zero-order valence-electron chi connectivity index (χ0n) is 22.0. The monoisotopic (exact) mass is 542 g/mol. The Morgan fingerprint density at radius 2 is 2.08 bits per heavy atom. The van der Waals surface area contributed by atoms with E-state index in [-0.39, 0.29) is 30.2 Å². The molecular weight excluding hydrogens is 511 g/mol. The summed E-state index contributed by atoms with van der Waals surface area (Å²) < 4.78 is 19.4. The van der Waals surface area contributed by atoms with Gasteiger partial charge in [0.25, 0.3) is 0 Å². The van der Waals surface area contributed by atoms with Crippen LogP contribution in [0.5, 0.6) is 0 Å². The first kappa shape index (κ1) is 27.0. The van der Waals surface area contributed by atoms with Crippen molar-refractivity contribution in [3.63, 3.8) is 0 Å². The summed E-state index contributed by atoms with van der Waals surface area (Å²) in [6.07, 6.45) is 6.55. The number of rotatable bonds is 7. The maximum absolute atomic E-state index is 13.8. The molecule has 40 heavy (non-hydrogen) atoms. The molecule has 2 aromatic heterocycles. The number of benzene rings is 1. The third-order valence-electron chi connectivity index (χ3n) is 7.21. The average Bonchev–Trinajstić information content (AvgIpc) is 3.48. The van der Waals surface area contributed by atoms with Gasteiger partial charge in [0.05, 0.1) is 42.9 Å². The van der Waals surface area contributed by atoms with Crippen LogP contribution in [0.4, 0.5) is 10.2 Å². The molecule has 1 unspecified atom stereocenters. The summed E-state index contributed by atoms with van der Waals surface area (Å²) in [5, 5.41) is 20.0. The number of hydrogen-bond donors (Lipinski definition) is 3. The fraction of sp³-hybridized carbons (Fsp3) is 0.345. The zero-order valence-corrected chi connectivity index (χ0v) is 22.0. The highest BCUT2D eigenvalue weighted by Crippen LogP contribution is 2.26. The molecule has 0 spiro atoms. The van der Waals surface area contributed by atoms with Crippen LogP contribution < -0.4 is 10.2 Å². The Labute approximate surface area is 232 Å². The van der Waals surface area contributed by atoms with Crippen LogP contribution in [0.15, 0.2) is 54.7 Å². The molecule has 2 saturated heterocycles. The number of piperidine rings is 1. The fourth-order valence-electron chi connectivity index (χ4n) is 5.08. The number of imidazole rings is 1. The van der Waals surface area contributed by atoms with E-state index in [1.807, 2.05) is 35.2 Å². The summed E-state index contributed by atoms with van der Waals surface area (Å²) in [6.45, 7) is 2.87. The van der Waals surface area contributed by atoms with Crippen molar-refractivity contribution >= 4 is 23.6 Å². The maximum Gasteiger partial charge on any atom is 0.224 e. The molecule has 1 aromatic carbocycles. The number of nitrogens with zero attached hydrogens (tertiary/aromatic N) is 5. The lowest BCUT2D eigenvalue weighted by Crippen LogP contribution is -2.42. The summed E-state index contributed by atoms with van der Waals surface area (Å²) in [4.78, 5) is 28.7. The van der Waals surface area contributed by atoms with E-state index in [2.05, 4.69) is 20.2 Å². The van der Waals surface area contributed by atoms with Crippen molar-refractivity contribution in [3.8, 4) is 17.5 Å². The topological polar surface area (TPSA) is 134 Å². The zero-order chi connectivity index (χ0) is 27.9. The van der Waals surface area contributed by atoms with Crippen LogP contribution >= 0.6 is 0 Å². The molecular formula is C29H31FN8O2. The van der Waals surface area contributed by atoms with Crippen LogP contribution in [0, 0.1) is 28.5 Å². The van der Waals surface area contributed by atoms with E-state index >= 15 is 0 Å². The molecule has 1 atom stereocenters. The summed E-state index contributed by atoms with van der Waals surface area (Å²) in [5.74, 6) is 1.25. The summed E-state index contributed by atoms with van der Waals surface area (Å²) in [5.41, 5.74) is 2.27. The standard InChI is InChI=1S/C29H31FN8O2/c30-22-4-1-3-21(17-22)25-19-40-16-15-38(25)26(32)7-8-27-34-18-24(35-27)23-5-2-6-28(36-23)37-13-9-20(10-14-37)29(39)33-12-11-31/h1-8,17-18,20,25,32H,9-10,12-16,19H2,(H,33,39)(H,34,35). The second-order valence-corrected chi connectivity index (χ2v) is 9.76. The van der Waals surface area contributed by atoms with Gasteiger partial charge in [0.15, 0.2) is 0 Å². The smallest absolute Gasteiger partial charge is 0.224 e. The number of H-pyrrole nitrogens is 1. The molecule has 1 amide bonds. The predicted octanol–water partition coefficient (Wildman–Crippen LogP) is 3.53. The number of amides is 1. The number of pyridine rings is 1. The van der Waals surface area contributed by atoms with Crippen molar-refractivity contribution in [2.75, 3.05) is 44.3 Å². The van der Waals surface area contributed by atoms with Gasteiger partial charge in [-0.2, -0.15) is 5.26 Å². The highest BCUT2D eigenvalue weighted by Gasteiger charge is 2.27. The van der Waals surface area contributed by atoms with E-state index < -0.39 is 0 Å². The number of aromatic amines is 1. The molecule has 5 rings (SSSR count). The number of halogens is 1. The Hall–Kier alpha value is -4.56. The van der Waals surface area contributed by atoms with Crippen molar-refractivity contribution in [1.82, 2.24) is 25.2 Å². The molecule has 0 aliphatic carbocycles. The van der Waals surface area contributed by atoms with Crippen molar-refractivity contribution in [2.45, 2.75) is 18.9 Å². The number of carbonyl (C=O) groups excluding carboxylic acids is 1. The van der Waals surface area contributed by atoms with Gasteiger partial charge < -0.3 is 24.8 Å². The lowest BCUT2D eigenvalue weighted by atomic mass is 9.96. The van der Waals surface area contributed by atoms with Crippen LogP contribution in [0.3, 0.4) is 0 Å². The predicted molar refractivity (Wildman–Crippen MR) is 149 cm³/mol. The average molecular weight is 543 g/mol. The third-order valence-corrected chi connectivity index (χ3v) is 7.21. The molecule has 3 N–H and O–H groups in total. The van der Waals surface area contributed by atoms with E-state index in [1.54, 1.807) is 24.4 Å². The number of morpholine rings is 1. The molecule has 0 saturated carbocycles. The quantitative estimate of drug-likeness (QED) is 0.236. The lowest BCUT2D eigenvalue weighted by Gasteiger charge is -2.36. The van der Waals surface area contributed by atoms with Crippen LogP contribution in [-0.4, -0.2) is 71.0 Å². The molecule has 11 heteroatoms. The minimum Gasteiger partial charge on any atom is -0.377 e. The Bertz CT molecular complexity index is 1420. The van der Waals surface area contributed by atoms with E-state index in [0.29, 0.717) is 57.3 Å². The highest BCUT2D eigenvalue weighted by molar-refractivity contribution is 5.94. The molecule has 3 aromatic rings. The van der Waals surface area contributed by atoms with Crippen molar-refractivity contribution in [1.29, 1.82) is 10.7 Å². The van der Waals surface area contributed by atoms with Crippen LogP contribution in [0.1, 0.15) is 30.3 Å². The molecule has 2 aliphatic rings. The van der Waals surface area contributed by atoms with Crippen molar-refractivity contribution < 1.29 is 13.9 Å². The molecule has 206 valence electrons. The van der Waals surface area contributed by atoms with Crippen molar-refractivity contribution in [2.24, 2.45) is 5.92 Å². The normalized spacial score (nSPS) is 18.1. The Balaban J connectivity index is 1.22. The number of carbonyl (C=O) groups is 1. The van der Waals surface area contributed by atoms with Gasteiger partial charge in [0.2, 0.25) is 5.91 Å². The highest BCUT2D eigenvalue weighted by atomic mass is 19.1. The first-order valence-corrected chi connectivity index (χ1v) is 13.3. The van der Waals surface area contributed by atoms with Gasteiger partial charge in [-0.15, -0.1) is 0 Å². The second kappa shape index (κ2) is 12.5. The largest absolute Gasteiger partial charge is 0.377 e. The lowest BCUT2D eigenvalue weighted by molar-refractivity contribution is -0.125. The van der Waals surface area contributed by atoms with Crippen LogP contribution in [-0.2, 0) is 9.53 Å². The Morgan fingerprint density at radius 1 is 1.25 bits per heavy atom. The number of anilines is 1. The second-order valence-electron chi connectivity index (χ2n) is 9.76. The minimum absolute atomic E-state index is 0.0355. The van der Waals surface area contributed by atoms with Gasteiger partial charge in [-0.05, 0) is 54.8 Å². The van der Waals surface area contributed by atoms with Gasteiger partial charge in [-0.3, -0.25) is 10.2 Å². The third kappa shape index (κ3) is 6.35. The molecule has 0 bridgehead atoms. The summed E-state index contributed by atoms with van der Waals surface area (Å²) in [7, 11) is 0. The van der Waals surface area contributed by atoms with Crippen LogP contribution in [0.25, 0.3) is 17.5 Å². The molecule has 10 nitrogen and oxygen atoms in total. The number of amidine groups is 1. The van der Waals surface area contributed by atoms with Crippen LogP contribution in [0.2, 0.25) is 0 Å². The number of nitriles is 1. The number of hydrogen-bond acceptors (Lipinski definition) is 7.